The maximum Gasteiger partial charge on any atom is 0.416 e. The molecular formula is C22H18F3N5O. The van der Waals surface area contributed by atoms with Crippen molar-refractivity contribution in [3.63, 3.8) is 0 Å². The SMILES string of the molecule is Nc1ccccc1NC(=O)c1ccc(Cn2nc(N)c3cc(C(F)(F)F)ccc32)cc1. The van der Waals surface area contributed by atoms with Crippen molar-refractivity contribution in [1.29, 1.82) is 0 Å². The quantitative estimate of drug-likeness (QED) is 0.419. The first-order valence-electron chi connectivity index (χ1n) is 9.30. The van der Waals surface area contributed by atoms with E-state index in [0.717, 1.165) is 17.7 Å². The van der Waals surface area contributed by atoms with E-state index in [4.69, 9.17) is 11.5 Å². The van der Waals surface area contributed by atoms with E-state index >= 15 is 0 Å². The van der Waals surface area contributed by atoms with Gasteiger partial charge in [0.25, 0.3) is 5.91 Å². The molecular weight excluding hydrogens is 407 g/mol. The topological polar surface area (TPSA) is 99.0 Å². The fraction of sp³-hybridized carbons (Fsp3) is 0.0909. The van der Waals surface area contributed by atoms with Crippen LogP contribution >= 0.6 is 0 Å². The van der Waals surface area contributed by atoms with Crippen molar-refractivity contribution in [2.45, 2.75) is 12.7 Å². The van der Waals surface area contributed by atoms with E-state index in [-0.39, 0.29) is 23.7 Å². The lowest BCUT2D eigenvalue weighted by Gasteiger charge is -2.09. The molecule has 0 aliphatic rings. The van der Waals surface area contributed by atoms with Gasteiger partial charge in [-0.3, -0.25) is 9.48 Å². The molecule has 0 fully saturated rings. The molecule has 0 unspecified atom stereocenters. The molecule has 0 saturated heterocycles. The summed E-state index contributed by atoms with van der Waals surface area (Å²) in [5.41, 5.74) is 13.6. The van der Waals surface area contributed by atoms with Crippen LogP contribution in [0.5, 0.6) is 0 Å². The van der Waals surface area contributed by atoms with E-state index in [0.29, 0.717) is 22.5 Å². The molecule has 1 heterocycles. The maximum absolute atomic E-state index is 13.0. The lowest BCUT2D eigenvalue weighted by Crippen LogP contribution is -2.13. The predicted octanol–water partition coefficient (Wildman–Crippen LogP) is 4.52. The van der Waals surface area contributed by atoms with Crippen LogP contribution in [0.4, 0.5) is 30.4 Å². The second kappa shape index (κ2) is 7.67. The molecule has 31 heavy (non-hydrogen) atoms. The molecule has 0 aliphatic carbocycles. The Morgan fingerprint density at radius 1 is 1.00 bits per heavy atom. The van der Waals surface area contributed by atoms with Crippen molar-refractivity contribution < 1.29 is 18.0 Å². The highest BCUT2D eigenvalue weighted by atomic mass is 19.4. The summed E-state index contributed by atoms with van der Waals surface area (Å²) in [5, 5.41) is 7.16. The number of benzene rings is 3. The number of fused-ring (bicyclic) bond motifs is 1. The summed E-state index contributed by atoms with van der Waals surface area (Å²) in [5.74, 6) is -0.282. The second-order valence-corrected chi connectivity index (χ2v) is 7.01. The van der Waals surface area contributed by atoms with Gasteiger partial charge in [-0.25, -0.2) is 0 Å². The van der Waals surface area contributed by atoms with Crippen LogP contribution in [-0.4, -0.2) is 15.7 Å². The third-order valence-electron chi connectivity index (χ3n) is 4.86. The Hall–Kier alpha value is -4.01. The summed E-state index contributed by atoms with van der Waals surface area (Å²) >= 11 is 0. The molecule has 0 saturated carbocycles. The van der Waals surface area contributed by atoms with Crippen molar-refractivity contribution in [1.82, 2.24) is 9.78 Å². The molecule has 4 aromatic rings. The van der Waals surface area contributed by atoms with Gasteiger partial charge < -0.3 is 16.8 Å². The van der Waals surface area contributed by atoms with Gasteiger partial charge in [0.05, 0.1) is 29.0 Å². The lowest BCUT2D eigenvalue weighted by atomic mass is 10.1. The third kappa shape index (κ3) is 4.16. The predicted molar refractivity (Wildman–Crippen MR) is 113 cm³/mol. The molecule has 9 heteroatoms. The van der Waals surface area contributed by atoms with Gasteiger partial charge in [-0.1, -0.05) is 24.3 Å². The summed E-state index contributed by atoms with van der Waals surface area (Å²) in [4.78, 5) is 12.4. The van der Waals surface area contributed by atoms with Gasteiger partial charge >= 0.3 is 6.18 Å². The number of nitrogens with one attached hydrogen (secondary N) is 1. The van der Waals surface area contributed by atoms with Gasteiger partial charge in [0.1, 0.15) is 0 Å². The lowest BCUT2D eigenvalue weighted by molar-refractivity contribution is -0.137. The van der Waals surface area contributed by atoms with Gasteiger partial charge in [0.15, 0.2) is 5.82 Å². The van der Waals surface area contributed by atoms with E-state index in [1.54, 1.807) is 48.5 Å². The average Bonchev–Trinajstić information content (AvgIpc) is 3.04. The number of rotatable bonds is 4. The van der Waals surface area contributed by atoms with Crippen molar-refractivity contribution in [2.75, 3.05) is 16.8 Å². The van der Waals surface area contributed by atoms with E-state index in [2.05, 4.69) is 10.4 Å². The number of alkyl halides is 3. The minimum absolute atomic E-state index is 0.0255. The Bertz CT molecular complexity index is 1260. The van der Waals surface area contributed by atoms with E-state index in [1.807, 2.05) is 0 Å². The van der Waals surface area contributed by atoms with Crippen molar-refractivity contribution in [3.05, 3.63) is 83.4 Å². The zero-order chi connectivity index (χ0) is 22.2. The number of halogens is 3. The molecule has 3 aromatic carbocycles. The van der Waals surface area contributed by atoms with Crippen LogP contribution in [-0.2, 0) is 12.7 Å². The number of hydrogen-bond acceptors (Lipinski definition) is 4. The molecule has 4 rings (SSSR count). The van der Waals surface area contributed by atoms with Crippen LogP contribution in [0, 0.1) is 0 Å². The van der Waals surface area contributed by atoms with Crippen molar-refractivity contribution in [3.8, 4) is 0 Å². The number of amides is 1. The van der Waals surface area contributed by atoms with Gasteiger partial charge in [0.2, 0.25) is 0 Å². The fourth-order valence-corrected chi connectivity index (χ4v) is 3.24. The zero-order valence-electron chi connectivity index (χ0n) is 16.1. The van der Waals surface area contributed by atoms with Crippen molar-refractivity contribution >= 4 is 34.0 Å². The zero-order valence-corrected chi connectivity index (χ0v) is 16.1. The Kier molecular flexibility index (Phi) is 5.02. The first-order chi connectivity index (χ1) is 14.7. The molecule has 0 radical (unpaired) electrons. The standard InChI is InChI=1S/C22H18F3N5O/c23-22(24,25)15-9-10-19-16(11-15)20(27)29-30(19)12-13-5-7-14(8-6-13)21(31)28-18-4-2-1-3-17(18)26/h1-11H,12,26H2,(H2,27,29)(H,28,31). The molecule has 1 amide bonds. The summed E-state index contributed by atoms with van der Waals surface area (Å²) in [6.07, 6.45) is -4.45. The normalized spacial score (nSPS) is 11.6. The van der Waals surface area contributed by atoms with Gasteiger partial charge in [-0.05, 0) is 48.0 Å². The Morgan fingerprint density at radius 3 is 2.39 bits per heavy atom. The largest absolute Gasteiger partial charge is 0.416 e. The Morgan fingerprint density at radius 2 is 1.71 bits per heavy atom. The van der Waals surface area contributed by atoms with E-state index in [1.165, 1.54) is 10.7 Å². The molecule has 0 spiro atoms. The van der Waals surface area contributed by atoms with Crippen LogP contribution in [0.1, 0.15) is 21.5 Å². The number of nitrogens with zero attached hydrogens (tertiary/aromatic N) is 2. The van der Waals surface area contributed by atoms with E-state index < -0.39 is 11.7 Å². The summed E-state index contributed by atoms with van der Waals surface area (Å²) in [6.45, 7) is 0.284. The monoisotopic (exact) mass is 425 g/mol. The number of para-hydroxylation sites is 2. The number of carbonyl (C=O) groups excluding carboxylic acids is 1. The Balaban J connectivity index is 1.53. The molecule has 6 nitrogen and oxygen atoms in total. The highest BCUT2D eigenvalue weighted by Crippen LogP contribution is 2.33. The summed E-state index contributed by atoms with van der Waals surface area (Å²) in [7, 11) is 0. The molecule has 0 aliphatic heterocycles. The highest BCUT2D eigenvalue weighted by molar-refractivity contribution is 6.05. The van der Waals surface area contributed by atoms with Crippen LogP contribution in [0.3, 0.4) is 0 Å². The first-order valence-corrected chi connectivity index (χ1v) is 9.30. The number of anilines is 3. The number of nitrogen functional groups attached to an aromatic ring is 2. The Labute approximate surface area is 175 Å². The summed E-state index contributed by atoms with van der Waals surface area (Å²) in [6, 6.07) is 17.1. The second-order valence-electron chi connectivity index (χ2n) is 7.01. The smallest absolute Gasteiger partial charge is 0.397 e. The van der Waals surface area contributed by atoms with Gasteiger partial charge in [0, 0.05) is 10.9 Å². The molecule has 1 aromatic heterocycles. The molecule has 158 valence electrons. The number of hydrogen-bond donors (Lipinski definition) is 3. The minimum atomic E-state index is -4.45. The van der Waals surface area contributed by atoms with Crippen LogP contribution in [0.25, 0.3) is 10.9 Å². The van der Waals surface area contributed by atoms with Crippen LogP contribution in [0.15, 0.2) is 66.7 Å². The van der Waals surface area contributed by atoms with Crippen LogP contribution in [0.2, 0.25) is 0 Å². The highest BCUT2D eigenvalue weighted by Gasteiger charge is 2.31. The maximum atomic E-state index is 13.0. The average molecular weight is 425 g/mol. The summed E-state index contributed by atoms with van der Waals surface area (Å²) < 4.78 is 40.4. The van der Waals surface area contributed by atoms with E-state index in [9.17, 15) is 18.0 Å². The first kappa shape index (κ1) is 20.3. The number of carbonyl (C=O) groups is 1. The van der Waals surface area contributed by atoms with Crippen molar-refractivity contribution in [2.24, 2.45) is 0 Å². The molecule has 0 atom stereocenters. The van der Waals surface area contributed by atoms with Gasteiger partial charge in [-0.2, -0.15) is 18.3 Å². The van der Waals surface area contributed by atoms with Gasteiger partial charge in [-0.15, -0.1) is 0 Å². The number of aromatic nitrogens is 2. The molecule has 0 bridgehead atoms. The fourth-order valence-electron chi connectivity index (χ4n) is 3.24. The number of nitrogens with two attached hydrogens (primary N) is 2. The van der Waals surface area contributed by atoms with Crippen LogP contribution < -0.4 is 16.8 Å². The minimum Gasteiger partial charge on any atom is -0.397 e. The third-order valence-corrected chi connectivity index (χ3v) is 4.86. The molecule has 5 N–H and O–H groups in total.